The van der Waals surface area contributed by atoms with Crippen molar-refractivity contribution in [2.45, 2.75) is 38.6 Å². The number of hydrogen-bond donors (Lipinski definition) is 2. The van der Waals surface area contributed by atoms with Gasteiger partial charge in [-0.2, -0.15) is 0 Å². The third kappa shape index (κ3) is 5.45. The van der Waals surface area contributed by atoms with E-state index in [4.69, 9.17) is 16.2 Å². The first-order chi connectivity index (χ1) is 14.6. The van der Waals surface area contributed by atoms with Crippen molar-refractivity contribution in [2.75, 3.05) is 20.2 Å². The lowest BCUT2D eigenvalue weighted by molar-refractivity contribution is 0.302. The van der Waals surface area contributed by atoms with Crippen LogP contribution >= 0.6 is 0 Å². The normalized spacial score (nSPS) is 17.6. The van der Waals surface area contributed by atoms with Gasteiger partial charge in [0.15, 0.2) is 0 Å². The second-order valence-corrected chi connectivity index (χ2v) is 8.63. The first-order valence-electron chi connectivity index (χ1n) is 11.0. The quantitative estimate of drug-likeness (QED) is 0.511. The van der Waals surface area contributed by atoms with Gasteiger partial charge in [-0.15, -0.1) is 0 Å². The van der Waals surface area contributed by atoms with Crippen LogP contribution in [0.25, 0.3) is 5.70 Å². The van der Waals surface area contributed by atoms with Crippen molar-refractivity contribution in [2.24, 2.45) is 17.4 Å². The molecular formula is C26H33N3O. The molecule has 1 fully saturated rings. The van der Waals surface area contributed by atoms with E-state index in [-0.39, 0.29) is 0 Å². The predicted molar refractivity (Wildman–Crippen MR) is 124 cm³/mol. The lowest BCUT2D eigenvalue weighted by Crippen LogP contribution is -2.26. The zero-order chi connectivity index (χ0) is 20.9. The number of benzene rings is 2. The van der Waals surface area contributed by atoms with Crippen molar-refractivity contribution in [1.29, 1.82) is 0 Å². The summed E-state index contributed by atoms with van der Waals surface area (Å²) in [5.41, 5.74) is 19.1. The zero-order valence-corrected chi connectivity index (χ0v) is 17.9. The Morgan fingerprint density at radius 3 is 2.63 bits per heavy atom. The largest absolute Gasteiger partial charge is 0.494 e. The Balaban J connectivity index is 1.24. The van der Waals surface area contributed by atoms with E-state index in [2.05, 4.69) is 54.4 Å². The number of aryl methyl sites for hydroxylation is 1. The van der Waals surface area contributed by atoms with Crippen molar-refractivity contribution in [1.82, 2.24) is 4.90 Å². The average Bonchev–Trinajstić information content (AvgIpc) is 3.61. The molecule has 4 nitrogen and oxygen atoms in total. The summed E-state index contributed by atoms with van der Waals surface area (Å²) in [7, 11) is 2.17. The van der Waals surface area contributed by atoms with Gasteiger partial charge in [-0.05, 0) is 91.6 Å². The molecule has 2 aliphatic rings. The topological polar surface area (TPSA) is 64.5 Å². The Morgan fingerprint density at radius 1 is 1.07 bits per heavy atom. The van der Waals surface area contributed by atoms with Gasteiger partial charge in [0.1, 0.15) is 5.75 Å². The minimum atomic E-state index is 0.571. The number of ether oxygens (including phenoxy) is 1. The molecule has 0 radical (unpaired) electrons. The highest BCUT2D eigenvalue weighted by molar-refractivity contribution is 5.64. The molecule has 0 unspecified atom stereocenters. The summed E-state index contributed by atoms with van der Waals surface area (Å²) in [6.45, 7) is 2.89. The molecule has 0 aromatic heterocycles. The number of likely N-dealkylation sites (N-methyl/N-ethyl adjacent to an activating group) is 1. The van der Waals surface area contributed by atoms with Crippen LogP contribution in [0.1, 0.15) is 41.5 Å². The fourth-order valence-electron chi connectivity index (χ4n) is 3.93. The van der Waals surface area contributed by atoms with E-state index >= 15 is 0 Å². The fourth-order valence-corrected chi connectivity index (χ4v) is 3.93. The molecule has 1 aliphatic heterocycles. The Hall–Kier alpha value is -2.72. The Labute approximate surface area is 180 Å². The van der Waals surface area contributed by atoms with Crippen molar-refractivity contribution >= 4 is 5.70 Å². The summed E-state index contributed by atoms with van der Waals surface area (Å²) in [5.74, 6) is 1.56. The third-order valence-electron chi connectivity index (χ3n) is 6.05. The molecule has 4 N–H and O–H groups in total. The van der Waals surface area contributed by atoms with E-state index in [0.717, 1.165) is 61.7 Å². The van der Waals surface area contributed by atoms with Crippen LogP contribution in [0.3, 0.4) is 0 Å². The minimum absolute atomic E-state index is 0.571. The number of nitrogens with two attached hydrogens (primary N) is 2. The van der Waals surface area contributed by atoms with Crippen LogP contribution in [0.15, 0.2) is 60.3 Å². The summed E-state index contributed by atoms with van der Waals surface area (Å²) >= 11 is 0. The molecule has 0 atom stereocenters. The smallest absolute Gasteiger partial charge is 0.119 e. The molecule has 4 rings (SSSR count). The SMILES string of the molecule is CN1CCc2cc(OCCCc3ccc(/C(N)=C/C=C(\N)C4CC4)cc3)ccc2C1. The molecule has 0 saturated heterocycles. The van der Waals surface area contributed by atoms with Gasteiger partial charge >= 0.3 is 0 Å². The van der Waals surface area contributed by atoms with E-state index in [1.165, 1.54) is 29.5 Å². The highest BCUT2D eigenvalue weighted by atomic mass is 16.5. The predicted octanol–water partition coefficient (Wildman–Crippen LogP) is 4.24. The second-order valence-electron chi connectivity index (χ2n) is 8.63. The number of fused-ring (bicyclic) bond motifs is 1. The Morgan fingerprint density at radius 2 is 1.87 bits per heavy atom. The fraction of sp³-hybridized carbons (Fsp3) is 0.385. The number of nitrogens with zero attached hydrogens (tertiary/aromatic N) is 1. The van der Waals surface area contributed by atoms with Gasteiger partial charge in [0.25, 0.3) is 0 Å². The molecule has 1 aliphatic carbocycles. The molecule has 4 heteroatoms. The zero-order valence-electron chi connectivity index (χ0n) is 17.9. The van der Waals surface area contributed by atoms with Crippen LogP contribution in [0.5, 0.6) is 5.75 Å². The van der Waals surface area contributed by atoms with Gasteiger partial charge in [0, 0.05) is 24.5 Å². The Kier molecular flexibility index (Phi) is 6.44. The van der Waals surface area contributed by atoms with E-state index < -0.39 is 0 Å². The van der Waals surface area contributed by atoms with Crippen LogP contribution in [0.4, 0.5) is 0 Å². The van der Waals surface area contributed by atoms with Crippen LogP contribution in [-0.2, 0) is 19.4 Å². The minimum Gasteiger partial charge on any atom is -0.494 e. The number of allylic oxidation sites excluding steroid dienone is 3. The molecule has 1 heterocycles. The maximum Gasteiger partial charge on any atom is 0.119 e. The molecule has 0 bridgehead atoms. The van der Waals surface area contributed by atoms with Crippen LogP contribution in [0.2, 0.25) is 0 Å². The number of hydrogen-bond acceptors (Lipinski definition) is 4. The van der Waals surface area contributed by atoms with Crippen molar-refractivity contribution < 1.29 is 4.74 Å². The standard InChI is InChI=1S/C26H33N3O/c1-29-15-14-22-17-24(11-10-23(22)18-29)30-16-2-3-19-4-6-20(7-5-19)25(27)12-13-26(28)21-8-9-21/h4-7,10-13,17,21H,2-3,8-9,14-16,18,27-28H2,1H3/b25-12-,26-13-. The lowest BCUT2D eigenvalue weighted by atomic mass is 10.00. The van der Waals surface area contributed by atoms with Gasteiger partial charge in [-0.25, -0.2) is 0 Å². The second kappa shape index (κ2) is 9.40. The van der Waals surface area contributed by atoms with E-state index in [0.29, 0.717) is 5.92 Å². The highest BCUT2D eigenvalue weighted by Crippen LogP contribution is 2.33. The molecule has 0 amide bonds. The third-order valence-corrected chi connectivity index (χ3v) is 6.05. The van der Waals surface area contributed by atoms with E-state index in [1.54, 1.807) is 0 Å². The monoisotopic (exact) mass is 403 g/mol. The maximum atomic E-state index is 6.19. The van der Waals surface area contributed by atoms with Gasteiger partial charge in [0.2, 0.25) is 0 Å². The van der Waals surface area contributed by atoms with Crippen LogP contribution in [0, 0.1) is 5.92 Å². The molecule has 0 spiro atoms. The van der Waals surface area contributed by atoms with Gasteiger partial charge < -0.3 is 21.1 Å². The van der Waals surface area contributed by atoms with Gasteiger partial charge in [-0.1, -0.05) is 30.3 Å². The molecule has 2 aromatic rings. The molecule has 2 aromatic carbocycles. The van der Waals surface area contributed by atoms with Crippen molar-refractivity contribution in [3.63, 3.8) is 0 Å². The van der Waals surface area contributed by atoms with Crippen LogP contribution in [-0.4, -0.2) is 25.1 Å². The molecule has 158 valence electrons. The average molecular weight is 404 g/mol. The summed E-state index contributed by atoms with van der Waals surface area (Å²) in [5, 5.41) is 0. The van der Waals surface area contributed by atoms with Crippen molar-refractivity contribution in [3.05, 3.63) is 82.6 Å². The maximum absolute atomic E-state index is 6.19. The number of rotatable bonds is 8. The van der Waals surface area contributed by atoms with E-state index in [9.17, 15) is 0 Å². The molecule has 30 heavy (non-hydrogen) atoms. The summed E-state index contributed by atoms with van der Waals surface area (Å²) in [6.07, 6.45) is 9.39. The molecular weight excluding hydrogens is 370 g/mol. The summed E-state index contributed by atoms with van der Waals surface area (Å²) in [6, 6.07) is 15.0. The van der Waals surface area contributed by atoms with Crippen molar-refractivity contribution in [3.8, 4) is 5.75 Å². The summed E-state index contributed by atoms with van der Waals surface area (Å²) < 4.78 is 6.00. The highest BCUT2D eigenvalue weighted by Gasteiger charge is 2.23. The van der Waals surface area contributed by atoms with Crippen LogP contribution < -0.4 is 16.2 Å². The first kappa shape index (κ1) is 20.5. The Bertz CT molecular complexity index is 926. The lowest BCUT2D eigenvalue weighted by Gasteiger charge is -2.25. The van der Waals surface area contributed by atoms with Gasteiger partial charge in [0.05, 0.1) is 6.61 Å². The van der Waals surface area contributed by atoms with Gasteiger partial charge in [-0.3, -0.25) is 0 Å². The summed E-state index contributed by atoms with van der Waals surface area (Å²) in [4.78, 5) is 2.36. The molecule has 1 saturated carbocycles. The first-order valence-corrected chi connectivity index (χ1v) is 11.0. The van der Waals surface area contributed by atoms with E-state index in [1.807, 2.05) is 12.2 Å².